The second-order valence-corrected chi connectivity index (χ2v) is 8.46. The zero-order chi connectivity index (χ0) is 20.0. The van der Waals surface area contributed by atoms with Gasteiger partial charge >= 0.3 is 0 Å². The summed E-state index contributed by atoms with van der Waals surface area (Å²) in [7, 11) is -3.72. The third-order valence-corrected chi connectivity index (χ3v) is 5.66. The Morgan fingerprint density at radius 1 is 1.19 bits per heavy atom. The normalized spacial score (nSPS) is 12.4. The van der Waals surface area contributed by atoms with Crippen molar-refractivity contribution in [1.82, 2.24) is 5.32 Å². The van der Waals surface area contributed by atoms with Crippen molar-refractivity contribution in [2.45, 2.75) is 25.8 Å². The van der Waals surface area contributed by atoms with E-state index in [1.54, 1.807) is 0 Å². The highest BCUT2D eigenvalue weighted by atomic mass is 35.5. The number of nitrogens with one attached hydrogen (secondary N) is 1. The second kappa shape index (κ2) is 9.19. The number of aryl methyl sites for hydroxylation is 1. The summed E-state index contributed by atoms with van der Waals surface area (Å²) in [5.74, 6) is -0.909. The van der Waals surface area contributed by atoms with Crippen LogP contribution in [-0.4, -0.2) is 33.2 Å². The van der Waals surface area contributed by atoms with Gasteiger partial charge in [0.05, 0.1) is 11.9 Å². The van der Waals surface area contributed by atoms with Crippen LogP contribution in [0.1, 0.15) is 18.9 Å². The molecule has 0 aromatic heterocycles. The zero-order valence-corrected chi connectivity index (χ0v) is 16.7. The fourth-order valence-electron chi connectivity index (χ4n) is 2.74. The van der Waals surface area contributed by atoms with Crippen molar-refractivity contribution in [3.05, 3.63) is 64.9 Å². The van der Waals surface area contributed by atoms with Crippen molar-refractivity contribution in [2.24, 2.45) is 0 Å². The molecular formula is C19H22ClFN2O3S. The van der Waals surface area contributed by atoms with Gasteiger partial charge in [0.1, 0.15) is 11.9 Å². The van der Waals surface area contributed by atoms with Gasteiger partial charge in [-0.05, 0) is 55.7 Å². The van der Waals surface area contributed by atoms with E-state index in [0.29, 0.717) is 24.4 Å². The largest absolute Gasteiger partial charge is 0.354 e. The van der Waals surface area contributed by atoms with Crippen LogP contribution >= 0.6 is 11.6 Å². The monoisotopic (exact) mass is 412 g/mol. The Balaban J connectivity index is 1.98. The molecule has 0 bridgehead atoms. The first-order chi connectivity index (χ1) is 12.7. The SMILES string of the molecule is C[C@@H](C(=O)NCCCc1ccccc1Cl)N(c1ccc(F)cc1)S(C)(=O)=O. The van der Waals surface area contributed by atoms with E-state index < -0.39 is 27.8 Å². The standard InChI is InChI=1S/C19H22ClFN2O3S/c1-14(23(27(2,25)26)17-11-9-16(21)10-12-17)19(24)22-13-5-7-15-6-3-4-8-18(15)20/h3-4,6,8-12,14H,5,7,13H2,1-2H3,(H,22,24)/t14-/m0/s1. The van der Waals surface area contributed by atoms with Gasteiger partial charge in [-0.1, -0.05) is 29.8 Å². The van der Waals surface area contributed by atoms with E-state index in [1.807, 2.05) is 24.3 Å². The van der Waals surface area contributed by atoms with Crippen LogP contribution in [0.3, 0.4) is 0 Å². The van der Waals surface area contributed by atoms with Gasteiger partial charge in [-0.3, -0.25) is 9.10 Å². The minimum Gasteiger partial charge on any atom is -0.354 e. The molecule has 0 unspecified atom stereocenters. The first kappa shape index (κ1) is 21.2. The minimum atomic E-state index is -3.72. The molecule has 146 valence electrons. The van der Waals surface area contributed by atoms with Crippen LogP contribution in [0.4, 0.5) is 10.1 Å². The lowest BCUT2D eigenvalue weighted by Gasteiger charge is -2.28. The number of amides is 1. The van der Waals surface area contributed by atoms with Crippen molar-refractivity contribution in [1.29, 1.82) is 0 Å². The molecule has 5 nitrogen and oxygen atoms in total. The Morgan fingerprint density at radius 3 is 2.41 bits per heavy atom. The molecule has 0 heterocycles. The summed E-state index contributed by atoms with van der Waals surface area (Å²) in [6.07, 6.45) is 2.37. The highest BCUT2D eigenvalue weighted by Gasteiger charge is 2.28. The zero-order valence-electron chi connectivity index (χ0n) is 15.2. The number of nitrogens with zero attached hydrogens (tertiary/aromatic N) is 1. The molecule has 0 aliphatic rings. The minimum absolute atomic E-state index is 0.234. The van der Waals surface area contributed by atoms with Gasteiger partial charge < -0.3 is 5.32 Å². The Bertz CT molecular complexity index is 888. The van der Waals surface area contributed by atoms with Gasteiger partial charge in [0.2, 0.25) is 15.9 Å². The number of carbonyl (C=O) groups excluding carboxylic acids is 1. The Hall–Kier alpha value is -2.12. The molecule has 2 rings (SSSR count). The summed E-state index contributed by atoms with van der Waals surface area (Å²) in [5.41, 5.74) is 1.23. The molecule has 2 aromatic carbocycles. The Labute approximate surface area is 164 Å². The summed E-state index contributed by atoms with van der Waals surface area (Å²) in [4.78, 5) is 12.4. The molecule has 0 aliphatic heterocycles. The van der Waals surface area contributed by atoms with Crippen molar-refractivity contribution in [2.75, 3.05) is 17.1 Å². The van der Waals surface area contributed by atoms with Crippen molar-refractivity contribution < 1.29 is 17.6 Å². The Kier molecular flexibility index (Phi) is 7.21. The highest BCUT2D eigenvalue weighted by molar-refractivity contribution is 7.92. The van der Waals surface area contributed by atoms with E-state index in [4.69, 9.17) is 11.6 Å². The maximum absolute atomic E-state index is 13.1. The summed E-state index contributed by atoms with van der Waals surface area (Å²) in [6.45, 7) is 1.88. The smallest absolute Gasteiger partial charge is 0.243 e. The van der Waals surface area contributed by atoms with E-state index in [1.165, 1.54) is 19.1 Å². The van der Waals surface area contributed by atoms with Crippen LogP contribution in [0.2, 0.25) is 5.02 Å². The van der Waals surface area contributed by atoms with Crippen LogP contribution in [-0.2, 0) is 21.2 Å². The van der Waals surface area contributed by atoms with E-state index in [2.05, 4.69) is 5.32 Å². The van der Waals surface area contributed by atoms with E-state index in [-0.39, 0.29) is 5.69 Å². The van der Waals surface area contributed by atoms with E-state index in [0.717, 1.165) is 28.3 Å². The number of hydrogen-bond donors (Lipinski definition) is 1. The van der Waals surface area contributed by atoms with Crippen LogP contribution in [0.25, 0.3) is 0 Å². The number of halogens is 2. The quantitative estimate of drug-likeness (QED) is 0.676. The van der Waals surface area contributed by atoms with Gasteiger partial charge in [-0.2, -0.15) is 0 Å². The highest BCUT2D eigenvalue weighted by Crippen LogP contribution is 2.21. The second-order valence-electron chi connectivity index (χ2n) is 6.20. The fraction of sp³-hybridized carbons (Fsp3) is 0.316. The lowest BCUT2D eigenvalue weighted by molar-refractivity contribution is -0.121. The third-order valence-electron chi connectivity index (χ3n) is 4.05. The molecule has 0 fully saturated rings. The first-order valence-corrected chi connectivity index (χ1v) is 10.7. The van der Waals surface area contributed by atoms with Crippen LogP contribution in [0, 0.1) is 5.82 Å². The van der Waals surface area contributed by atoms with Gasteiger partial charge in [0.25, 0.3) is 0 Å². The molecule has 0 spiro atoms. The fourth-order valence-corrected chi connectivity index (χ4v) is 4.14. The molecule has 1 atom stereocenters. The van der Waals surface area contributed by atoms with E-state index in [9.17, 15) is 17.6 Å². The molecule has 27 heavy (non-hydrogen) atoms. The van der Waals surface area contributed by atoms with Gasteiger partial charge in [0, 0.05) is 11.6 Å². The molecule has 8 heteroatoms. The van der Waals surface area contributed by atoms with Crippen LogP contribution in [0.15, 0.2) is 48.5 Å². The summed E-state index contributed by atoms with van der Waals surface area (Å²) < 4.78 is 38.4. The van der Waals surface area contributed by atoms with Crippen LogP contribution in [0.5, 0.6) is 0 Å². The molecule has 1 amide bonds. The van der Waals surface area contributed by atoms with Crippen LogP contribution < -0.4 is 9.62 Å². The molecule has 0 saturated heterocycles. The third kappa shape index (κ3) is 5.94. The van der Waals surface area contributed by atoms with E-state index >= 15 is 0 Å². The number of hydrogen-bond acceptors (Lipinski definition) is 3. The summed E-state index contributed by atoms with van der Waals surface area (Å²) in [6, 6.07) is 11.5. The number of benzene rings is 2. The molecule has 0 saturated carbocycles. The molecule has 0 radical (unpaired) electrons. The Morgan fingerprint density at radius 2 is 1.81 bits per heavy atom. The maximum atomic E-state index is 13.1. The van der Waals surface area contributed by atoms with Crippen molar-refractivity contribution in [3.63, 3.8) is 0 Å². The average molecular weight is 413 g/mol. The van der Waals surface area contributed by atoms with Gasteiger partial charge in [-0.25, -0.2) is 12.8 Å². The molecule has 2 aromatic rings. The van der Waals surface area contributed by atoms with Gasteiger partial charge in [0.15, 0.2) is 0 Å². The van der Waals surface area contributed by atoms with Gasteiger partial charge in [-0.15, -0.1) is 0 Å². The summed E-state index contributed by atoms with van der Waals surface area (Å²) >= 11 is 6.10. The topological polar surface area (TPSA) is 66.5 Å². The lowest BCUT2D eigenvalue weighted by atomic mass is 10.1. The average Bonchev–Trinajstić information content (AvgIpc) is 2.60. The lowest BCUT2D eigenvalue weighted by Crippen LogP contribution is -2.48. The first-order valence-electron chi connectivity index (χ1n) is 8.46. The number of carbonyl (C=O) groups is 1. The number of sulfonamides is 1. The number of rotatable bonds is 8. The maximum Gasteiger partial charge on any atom is 0.243 e. The number of anilines is 1. The van der Waals surface area contributed by atoms with Crippen molar-refractivity contribution in [3.8, 4) is 0 Å². The molecular weight excluding hydrogens is 391 g/mol. The predicted octanol–water partition coefficient (Wildman–Crippen LogP) is 3.38. The molecule has 0 aliphatic carbocycles. The summed E-state index contributed by atoms with van der Waals surface area (Å²) in [5, 5.41) is 3.42. The predicted molar refractivity (Wildman–Crippen MR) is 106 cm³/mol. The van der Waals surface area contributed by atoms with Crippen molar-refractivity contribution >= 4 is 33.2 Å². The molecule has 1 N–H and O–H groups in total.